The molecule has 0 aromatic carbocycles. The molecule has 4 nitrogen and oxygen atoms in total. The molecule has 1 N–H and O–H groups in total. The number of piperidine rings is 1. The van der Waals surface area contributed by atoms with Gasteiger partial charge in [-0.25, -0.2) is 4.79 Å². The molecule has 0 atom stereocenters. The van der Waals surface area contributed by atoms with Crippen molar-refractivity contribution in [2.75, 3.05) is 13.1 Å². The van der Waals surface area contributed by atoms with Crippen LogP contribution in [0.4, 0.5) is 0 Å². The topological polar surface area (TPSA) is 53.7 Å². The second-order valence-corrected chi connectivity index (χ2v) is 5.59. The number of furan rings is 1. The van der Waals surface area contributed by atoms with E-state index in [1.54, 1.807) is 6.07 Å². The molecule has 0 amide bonds. The van der Waals surface area contributed by atoms with E-state index in [1.165, 1.54) is 31.9 Å². The highest BCUT2D eigenvalue weighted by Gasteiger charge is 2.31. The van der Waals surface area contributed by atoms with Crippen molar-refractivity contribution in [1.82, 2.24) is 4.90 Å². The van der Waals surface area contributed by atoms with Crippen molar-refractivity contribution in [2.24, 2.45) is 5.41 Å². The summed E-state index contributed by atoms with van der Waals surface area (Å²) in [5.41, 5.74) is 0.759. The van der Waals surface area contributed by atoms with Gasteiger partial charge in [0.05, 0.1) is 12.1 Å². The second-order valence-electron chi connectivity index (χ2n) is 5.59. The fourth-order valence-corrected chi connectivity index (χ4v) is 2.94. The van der Waals surface area contributed by atoms with Crippen molar-refractivity contribution >= 4 is 5.97 Å². The van der Waals surface area contributed by atoms with Crippen LogP contribution in [0.3, 0.4) is 0 Å². The zero-order valence-electron chi connectivity index (χ0n) is 11.8. The maximum atomic E-state index is 10.8. The Kier molecular flexibility index (Phi) is 4.30. The molecule has 1 fully saturated rings. The number of carbonyl (C=O) groups is 1. The molecular weight excluding hydrogens is 242 g/mol. The highest BCUT2D eigenvalue weighted by molar-refractivity contribution is 5.87. The third-order valence-corrected chi connectivity index (χ3v) is 4.70. The van der Waals surface area contributed by atoms with Gasteiger partial charge in [-0.1, -0.05) is 26.7 Å². The number of carboxylic acid groups (broad SMARTS) is 1. The van der Waals surface area contributed by atoms with E-state index in [0.717, 1.165) is 25.4 Å². The predicted molar refractivity (Wildman–Crippen MR) is 73.2 cm³/mol. The summed E-state index contributed by atoms with van der Waals surface area (Å²) < 4.78 is 5.31. The molecule has 0 saturated carbocycles. The standard InChI is InChI=1S/C15H23NO3/c1-3-15(4-2)5-7-16(8-6-15)10-13-9-12(11-19-13)14(17)18/h9,11H,3-8,10H2,1-2H3,(H,17,18). The summed E-state index contributed by atoms with van der Waals surface area (Å²) in [5, 5.41) is 8.86. The smallest absolute Gasteiger partial charge is 0.338 e. The number of aromatic carboxylic acids is 1. The van der Waals surface area contributed by atoms with E-state index >= 15 is 0 Å². The number of hydrogen-bond acceptors (Lipinski definition) is 3. The Morgan fingerprint density at radius 2 is 2.00 bits per heavy atom. The van der Waals surface area contributed by atoms with E-state index in [4.69, 9.17) is 9.52 Å². The predicted octanol–water partition coefficient (Wildman–Crippen LogP) is 3.38. The van der Waals surface area contributed by atoms with Crippen LogP contribution in [0.15, 0.2) is 16.7 Å². The van der Waals surface area contributed by atoms with Gasteiger partial charge in [0.15, 0.2) is 0 Å². The van der Waals surface area contributed by atoms with E-state index in [2.05, 4.69) is 18.7 Å². The fraction of sp³-hybridized carbons (Fsp3) is 0.667. The summed E-state index contributed by atoms with van der Waals surface area (Å²) in [5.74, 6) is -0.178. The molecule has 1 aliphatic rings. The van der Waals surface area contributed by atoms with Crippen LogP contribution in [-0.4, -0.2) is 29.1 Å². The molecule has 0 unspecified atom stereocenters. The first-order valence-electron chi connectivity index (χ1n) is 7.11. The van der Waals surface area contributed by atoms with Gasteiger partial charge in [-0.05, 0) is 37.4 Å². The summed E-state index contributed by atoms with van der Waals surface area (Å²) in [7, 11) is 0. The Labute approximate surface area is 114 Å². The molecule has 19 heavy (non-hydrogen) atoms. The van der Waals surface area contributed by atoms with E-state index < -0.39 is 5.97 Å². The zero-order chi connectivity index (χ0) is 13.9. The van der Waals surface area contributed by atoms with Gasteiger partial charge in [0.1, 0.15) is 12.0 Å². The van der Waals surface area contributed by atoms with E-state index in [1.807, 2.05) is 0 Å². The summed E-state index contributed by atoms with van der Waals surface area (Å²) >= 11 is 0. The zero-order valence-corrected chi connectivity index (χ0v) is 11.8. The first kappa shape index (κ1) is 14.1. The lowest BCUT2D eigenvalue weighted by Gasteiger charge is -2.40. The van der Waals surface area contributed by atoms with Crippen LogP contribution < -0.4 is 0 Å². The first-order valence-corrected chi connectivity index (χ1v) is 7.11. The SMILES string of the molecule is CCC1(CC)CCN(Cc2cc(C(=O)O)co2)CC1. The highest BCUT2D eigenvalue weighted by atomic mass is 16.4. The third kappa shape index (κ3) is 3.18. The molecule has 4 heteroatoms. The van der Waals surface area contributed by atoms with Gasteiger partial charge in [-0.3, -0.25) is 4.90 Å². The van der Waals surface area contributed by atoms with Gasteiger partial charge < -0.3 is 9.52 Å². The van der Waals surface area contributed by atoms with Crippen molar-refractivity contribution in [3.63, 3.8) is 0 Å². The molecule has 1 aromatic heterocycles. The van der Waals surface area contributed by atoms with Crippen LogP contribution in [0.5, 0.6) is 0 Å². The van der Waals surface area contributed by atoms with Crippen LogP contribution >= 0.6 is 0 Å². The number of rotatable bonds is 5. The van der Waals surface area contributed by atoms with Crippen molar-refractivity contribution < 1.29 is 14.3 Å². The van der Waals surface area contributed by atoms with Gasteiger partial charge >= 0.3 is 5.97 Å². The highest BCUT2D eigenvalue weighted by Crippen LogP contribution is 2.38. The lowest BCUT2D eigenvalue weighted by molar-refractivity contribution is 0.0696. The van der Waals surface area contributed by atoms with Crippen LogP contribution in [-0.2, 0) is 6.54 Å². The Morgan fingerprint density at radius 1 is 1.37 bits per heavy atom. The monoisotopic (exact) mass is 265 g/mol. The van der Waals surface area contributed by atoms with Gasteiger partial charge in [-0.2, -0.15) is 0 Å². The number of nitrogens with zero attached hydrogens (tertiary/aromatic N) is 1. The van der Waals surface area contributed by atoms with E-state index in [-0.39, 0.29) is 5.56 Å². The largest absolute Gasteiger partial charge is 0.478 e. The number of hydrogen-bond donors (Lipinski definition) is 1. The lowest BCUT2D eigenvalue weighted by Crippen LogP contribution is -2.39. The van der Waals surface area contributed by atoms with Gasteiger partial charge in [0.25, 0.3) is 0 Å². The average molecular weight is 265 g/mol. The maximum Gasteiger partial charge on any atom is 0.338 e. The molecule has 0 spiro atoms. The molecule has 106 valence electrons. The summed E-state index contributed by atoms with van der Waals surface area (Å²) in [6.45, 7) is 7.43. The lowest BCUT2D eigenvalue weighted by atomic mass is 9.74. The number of likely N-dealkylation sites (tertiary alicyclic amines) is 1. The summed E-state index contributed by atoms with van der Waals surface area (Å²) in [4.78, 5) is 13.2. The van der Waals surface area contributed by atoms with E-state index in [0.29, 0.717) is 5.41 Å². The molecule has 1 aliphatic heterocycles. The Hall–Kier alpha value is -1.29. The fourth-order valence-electron chi connectivity index (χ4n) is 2.94. The van der Waals surface area contributed by atoms with Crippen molar-refractivity contribution in [3.8, 4) is 0 Å². The summed E-state index contributed by atoms with van der Waals surface area (Å²) in [6.07, 6.45) is 6.28. The minimum atomic E-state index is -0.926. The number of carboxylic acids is 1. The van der Waals surface area contributed by atoms with Gasteiger partial charge in [0.2, 0.25) is 0 Å². The Balaban J connectivity index is 1.90. The molecule has 2 heterocycles. The van der Waals surface area contributed by atoms with Crippen LogP contribution in [0.1, 0.15) is 55.6 Å². The van der Waals surface area contributed by atoms with Crippen LogP contribution in [0.2, 0.25) is 0 Å². The second kappa shape index (κ2) is 5.78. The molecule has 2 rings (SSSR count). The Bertz CT molecular complexity index is 424. The van der Waals surface area contributed by atoms with Crippen molar-refractivity contribution in [2.45, 2.75) is 46.1 Å². The average Bonchev–Trinajstić information content (AvgIpc) is 2.89. The molecule has 0 radical (unpaired) electrons. The molecule has 1 aromatic rings. The van der Waals surface area contributed by atoms with Crippen LogP contribution in [0, 0.1) is 5.41 Å². The molecule has 0 aliphatic carbocycles. The minimum Gasteiger partial charge on any atom is -0.478 e. The van der Waals surface area contributed by atoms with Crippen molar-refractivity contribution in [3.05, 3.63) is 23.7 Å². The molecular formula is C15H23NO3. The summed E-state index contributed by atoms with van der Waals surface area (Å²) in [6, 6.07) is 1.63. The van der Waals surface area contributed by atoms with Crippen molar-refractivity contribution in [1.29, 1.82) is 0 Å². The molecule has 1 saturated heterocycles. The third-order valence-electron chi connectivity index (χ3n) is 4.70. The van der Waals surface area contributed by atoms with Crippen LogP contribution in [0.25, 0.3) is 0 Å². The maximum absolute atomic E-state index is 10.8. The Morgan fingerprint density at radius 3 is 2.47 bits per heavy atom. The first-order chi connectivity index (χ1) is 9.08. The normalized spacial score (nSPS) is 19.5. The van der Waals surface area contributed by atoms with Gasteiger partial charge in [-0.15, -0.1) is 0 Å². The molecule has 0 bridgehead atoms. The quantitative estimate of drug-likeness (QED) is 0.886. The van der Waals surface area contributed by atoms with Gasteiger partial charge in [0, 0.05) is 0 Å². The minimum absolute atomic E-state index is 0.239. The van der Waals surface area contributed by atoms with E-state index in [9.17, 15) is 4.79 Å².